The number of nitrogens with zero attached hydrogens (tertiary/aromatic N) is 1. The molecule has 0 aromatic rings. The lowest BCUT2D eigenvalue weighted by Crippen LogP contribution is -2.45. The van der Waals surface area contributed by atoms with E-state index in [1.165, 1.54) is 32.1 Å². The number of nitrogens with two attached hydrogens (primary N) is 1. The van der Waals surface area contributed by atoms with E-state index < -0.39 is 0 Å². The van der Waals surface area contributed by atoms with Gasteiger partial charge in [-0.15, -0.1) is 0 Å². The Morgan fingerprint density at radius 2 is 1.88 bits per heavy atom. The number of hydrogen-bond donors (Lipinski definition) is 1. The maximum atomic E-state index is 12.2. The van der Waals surface area contributed by atoms with Crippen LogP contribution in [0.3, 0.4) is 0 Å². The predicted molar refractivity (Wildman–Crippen MR) is 69.6 cm³/mol. The van der Waals surface area contributed by atoms with Gasteiger partial charge < -0.3 is 10.6 Å². The zero-order valence-corrected chi connectivity index (χ0v) is 11.1. The molecular weight excluding hydrogens is 212 g/mol. The van der Waals surface area contributed by atoms with Crippen LogP contribution >= 0.6 is 0 Å². The normalized spacial score (nSPS) is 25.2. The Kier molecular flexibility index (Phi) is 4.08. The topological polar surface area (TPSA) is 46.3 Å². The average molecular weight is 238 g/mol. The molecule has 3 heteroatoms. The second-order valence-electron chi connectivity index (χ2n) is 5.98. The Morgan fingerprint density at radius 1 is 1.29 bits per heavy atom. The van der Waals surface area contributed by atoms with E-state index in [2.05, 4.69) is 6.92 Å². The maximum Gasteiger partial charge on any atom is 0.224 e. The summed E-state index contributed by atoms with van der Waals surface area (Å²) >= 11 is 0. The highest BCUT2D eigenvalue weighted by Crippen LogP contribution is 2.31. The van der Waals surface area contributed by atoms with Crippen LogP contribution in [0.15, 0.2) is 0 Å². The van der Waals surface area contributed by atoms with Crippen molar-refractivity contribution < 1.29 is 4.79 Å². The van der Waals surface area contributed by atoms with E-state index in [0.29, 0.717) is 12.3 Å². The van der Waals surface area contributed by atoms with E-state index >= 15 is 0 Å². The van der Waals surface area contributed by atoms with Crippen molar-refractivity contribution in [3.05, 3.63) is 0 Å². The molecule has 1 saturated carbocycles. The molecule has 2 rings (SSSR count). The van der Waals surface area contributed by atoms with Gasteiger partial charge >= 0.3 is 0 Å². The zero-order valence-electron chi connectivity index (χ0n) is 11.1. The molecule has 1 aliphatic carbocycles. The summed E-state index contributed by atoms with van der Waals surface area (Å²) < 4.78 is 0. The monoisotopic (exact) mass is 238 g/mol. The largest absolute Gasteiger partial charge is 0.343 e. The Morgan fingerprint density at radius 3 is 2.41 bits per heavy atom. The molecule has 0 bridgehead atoms. The summed E-state index contributed by atoms with van der Waals surface area (Å²) in [6, 6.07) is 0. The summed E-state index contributed by atoms with van der Waals surface area (Å²) in [5.41, 5.74) is 6.09. The number of rotatable bonds is 3. The molecule has 0 unspecified atom stereocenters. The number of hydrogen-bond acceptors (Lipinski definition) is 2. The molecule has 98 valence electrons. The third-order valence-corrected chi connectivity index (χ3v) is 4.65. The van der Waals surface area contributed by atoms with Crippen molar-refractivity contribution >= 4 is 5.91 Å². The van der Waals surface area contributed by atoms with Gasteiger partial charge in [-0.2, -0.15) is 0 Å². The summed E-state index contributed by atoms with van der Waals surface area (Å²) in [4.78, 5) is 14.2. The summed E-state index contributed by atoms with van der Waals surface area (Å²) in [6.45, 7) is 4.15. The third kappa shape index (κ3) is 3.21. The Bertz CT molecular complexity index is 263. The van der Waals surface area contributed by atoms with Gasteiger partial charge in [0, 0.05) is 25.0 Å². The lowest BCUT2D eigenvalue weighted by atomic mass is 9.91. The summed E-state index contributed by atoms with van der Waals surface area (Å²) in [7, 11) is 0. The fourth-order valence-corrected chi connectivity index (χ4v) is 3.26. The zero-order chi connectivity index (χ0) is 12.3. The Labute approximate surface area is 105 Å². The van der Waals surface area contributed by atoms with Crippen molar-refractivity contribution in [3.63, 3.8) is 0 Å². The molecule has 2 fully saturated rings. The fourth-order valence-electron chi connectivity index (χ4n) is 3.26. The molecule has 3 nitrogen and oxygen atoms in total. The first kappa shape index (κ1) is 12.9. The summed E-state index contributed by atoms with van der Waals surface area (Å²) in [6.07, 6.45) is 8.64. The Balaban J connectivity index is 1.80. The molecule has 2 N–H and O–H groups in total. The van der Waals surface area contributed by atoms with E-state index in [1.54, 1.807) is 0 Å². The minimum atomic E-state index is -0.182. The SMILES string of the molecule is CCC1CCN(C(=O)CC2(N)CCCC2)CC1. The highest BCUT2D eigenvalue weighted by Gasteiger charge is 2.34. The summed E-state index contributed by atoms with van der Waals surface area (Å²) in [5.74, 6) is 1.13. The smallest absolute Gasteiger partial charge is 0.224 e. The van der Waals surface area contributed by atoms with Crippen molar-refractivity contribution in [1.82, 2.24) is 4.90 Å². The first-order chi connectivity index (χ1) is 8.13. The van der Waals surface area contributed by atoms with Gasteiger partial charge in [0.15, 0.2) is 0 Å². The van der Waals surface area contributed by atoms with E-state index in [4.69, 9.17) is 5.73 Å². The van der Waals surface area contributed by atoms with Gasteiger partial charge in [-0.25, -0.2) is 0 Å². The van der Waals surface area contributed by atoms with Gasteiger partial charge in [0.25, 0.3) is 0 Å². The minimum absolute atomic E-state index is 0.182. The number of amides is 1. The molecule has 1 heterocycles. The van der Waals surface area contributed by atoms with Gasteiger partial charge in [-0.05, 0) is 31.6 Å². The van der Waals surface area contributed by atoms with Gasteiger partial charge in [0.05, 0.1) is 0 Å². The molecule has 0 spiro atoms. The second-order valence-corrected chi connectivity index (χ2v) is 5.98. The van der Waals surface area contributed by atoms with Crippen molar-refractivity contribution in [3.8, 4) is 0 Å². The average Bonchev–Trinajstić information content (AvgIpc) is 2.76. The molecule has 1 amide bonds. The fraction of sp³-hybridized carbons (Fsp3) is 0.929. The summed E-state index contributed by atoms with van der Waals surface area (Å²) in [5, 5.41) is 0. The Hall–Kier alpha value is -0.570. The van der Waals surface area contributed by atoms with Crippen LogP contribution in [-0.2, 0) is 4.79 Å². The van der Waals surface area contributed by atoms with E-state index in [1.807, 2.05) is 4.90 Å². The lowest BCUT2D eigenvalue weighted by molar-refractivity contribution is -0.133. The lowest BCUT2D eigenvalue weighted by Gasteiger charge is -2.34. The van der Waals surface area contributed by atoms with Crippen LogP contribution < -0.4 is 5.73 Å². The van der Waals surface area contributed by atoms with Crippen LogP contribution in [0.5, 0.6) is 0 Å². The highest BCUT2D eigenvalue weighted by atomic mass is 16.2. The van der Waals surface area contributed by atoms with E-state index in [-0.39, 0.29) is 5.54 Å². The molecule has 0 radical (unpaired) electrons. The van der Waals surface area contributed by atoms with Gasteiger partial charge in [-0.1, -0.05) is 26.2 Å². The number of carbonyl (C=O) groups excluding carboxylic acids is 1. The van der Waals surface area contributed by atoms with Crippen molar-refractivity contribution in [2.24, 2.45) is 11.7 Å². The predicted octanol–water partition coefficient (Wildman–Crippen LogP) is 2.30. The molecule has 17 heavy (non-hydrogen) atoms. The van der Waals surface area contributed by atoms with Crippen molar-refractivity contribution in [2.75, 3.05) is 13.1 Å². The van der Waals surface area contributed by atoms with Gasteiger partial charge in [0.1, 0.15) is 0 Å². The van der Waals surface area contributed by atoms with Crippen LogP contribution in [0.1, 0.15) is 58.3 Å². The van der Waals surface area contributed by atoms with E-state index in [0.717, 1.165) is 31.8 Å². The molecule has 0 aromatic carbocycles. The van der Waals surface area contributed by atoms with Crippen LogP contribution in [0.25, 0.3) is 0 Å². The molecule has 2 aliphatic rings. The van der Waals surface area contributed by atoms with Crippen LogP contribution in [0, 0.1) is 5.92 Å². The first-order valence-electron chi connectivity index (χ1n) is 7.19. The second kappa shape index (κ2) is 5.38. The van der Waals surface area contributed by atoms with Crippen LogP contribution in [0.4, 0.5) is 0 Å². The standard InChI is InChI=1S/C14H26N2O/c1-2-12-5-9-16(10-6-12)13(17)11-14(15)7-3-4-8-14/h12H,2-11,15H2,1H3. The maximum absolute atomic E-state index is 12.2. The molecule has 0 atom stereocenters. The first-order valence-corrected chi connectivity index (χ1v) is 7.19. The van der Waals surface area contributed by atoms with Crippen LogP contribution in [-0.4, -0.2) is 29.4 Å². The number of carbonyl (C=O) groups is 1. The van der Waals surface area contributed by atoms with E-state index in [9.17, 15) is 4.79 Å². The quantitative estimate of drug-likeness (QED) is 0.820. The molecular formula is C14H26N2O. The van der Waals surface area contributed by atoms with Gasteiger partial charge in [0.2, 0.25) is 5.91 Å². The molecule has 0 aromatic heterocycles. The van der Waals surface area contributed by atoms with Gasteiger partial charge in [-0.3, -0.25) is 4.79 Å². The minimum Gasteiger partial charge on any atom is -0.343 e. The third-order valence-electron chi connectivity index (χ3n) is 4.65. The molecule has 1 aliphatic heterocycles. The molecule has 1 saturated heterocycles. The van der Waals surface area contributed by atoms with Crippen molar-refractivity contribution in [2.45, 2.75) is 63.8 Å². The van der Waals surface area contributed by atoms with Crippen molar-refractivity contribution in [1.29, 1.82) is 0 Å². The highest BCUT2D eigenvalue weighted by molar-refractivity contribution is 5.77. The van der Waals surface area contributed by atoms with Crippen LogP contribution in [0.2, 0.25) is 0 Å². The number of piperidine rings is 1. The number of likely N-dealkylation sites (tertiary alicyclic amines) is 1.